The molecule has 5 rings (SSSR count). The Hall–Kier alpha value is -3.22. The van der Waals surface area contributed by atoms with Crippen LogP contribution in [0.15, 0.2) is 42.5 Å². The summed E-state index contributed by atoms with van der Waals surface area (Å²) in [7, 11) is 0. The van der Waals surface area contributed by atoms with Gasteiger partial charge >= 0.3 is 5.97 Å². The molecule has 1 aliphatic heterocycles. The van der Waals surface area contributed by atoms with Gasteiger partial charge in [0.25, 0.3) is 5.91 Å². The molecule has 1 heterocycles. The van der Waals surface area contributed by atoms with E-state index in [1.165, 1.54) is 6.42 Å². The van der Waals surface area contributed by atoms with E-state index < -0.39 is 5.97 Å². The van der Waals surface area contributed by atoms with Gasteiger partial charge in [-0.3, -0.25) is 9.59 Å². The van der Waals surface area contributed by atoms with Crippen LogP contribution in [0.4, 0.5) is 5.69 Å². The first-order valence-electron chi connectivity index (χ1n) is 14.3. The molecule has 3 N–H and O–H groups in total. The standard InChI is InChI=1S/C31H40N2O5/c34-25-11-12-27(31(37)32-24-6-2-1-3-7-24)29(18-25)33-15-13-21(14-16-33)20-38-26-8-4-5-23(17-26)28(19-30(35)36)22-9-10-22/h4-5,8,11-12,17-18,21-22,24,28,34H,1-3,6-7,9-10,13-16,19-20H2,(H,32,37)(H,35,36). The average molecular weight is 521 g/mol. The molecule has 38 heavy (non-hydrogen) atoms. The highest BCUT2D eigenvalue weighted by Crippen LogP contribution is 2.45. The third-order valence-corrected chi connectivity index (χ3v) is 8.48. The molecule has 0 aromatic heterocycles. The zero-order chi connectivity index (χ0) is 26.5. The van der Waals surface area contributed by atoms with Gasteiger partial charge in [0.1, 0.15) is 11.5 Å². The molecule has 2 aromatic rings. The summed E-state index contributed by atoms with van der Waals surface area (Å²) in [6.45, 7) is 2.20. The van der Waals surface area contributed by atoms with Crippen molar-refractivity contribution in [2.75, 3.05) is 24.6 Å². The molecule has 1 saturated heterocycles. The average Bonchev–Trinajstić information content (AvgIpc) is 3.77. The maximum atomic E-state index is 13.1. The van der Waals surface area contributed by atoms with E-state index in [0.717, 1.165) is 81.5 Å². The maximum absolute atomic E-state index is 13.1. The molecule has 1 amide bonds. The van der Waals surface area contributed by atoms with Crippen LogP contribution in [0.25, 0.3) is 0 Å². The van der Waals surface area contributed by atoms with Gasteiger partial charge in [0.2, 0.25) is 0 Å². The molecular formula is C31H40N2O5. The second kappa shape index (κ2) is 12.1. The van der Waals surface area contributed by atoms with Crippen LogP contribution >= 0.6 is 0 Å². The molecular weight excluding hydrogens is 480 g/mol. The number of carbonyl (C=O) groups excluding carboxylic acids is 1. The molecule has 1 unspecified atom stereocenters. The molecule has 2 saturated carbocycles. The van der Waals surface area contributed by atoms with Crippen molar-refractivity contribution >= 4 is 17.6 Å². The molecule has 7 heteroatoms. The number of nitrogens with zero attached hydrogens (tertiary/aromatic N) is 1. The lowest BCUT2D eigenvalue weighted by Crippen LogP contribution is -2.39. The van der Waals surface area contributed by atoms with Gasteiger partial charge < -0.3 is 25.2 Å². The van der Waals surface area contributed by atoms with Crippen molar-refractivity contribution in [3.05, 3.63) is 53.6 Å². The van der Waals surface area contributed by atoms with Crippen molar-refractivity contribution in [2.24, 2.45) is 11.8 Å². The Morgan fingerprint density at radius 2 is 1.74 bits per heavy atom. The van der Waals surface area contributed by atoms with E-state index in [4.69, 9.17) is 4.74 Å². The summed E-state index contributed by atoms with van der Waals surface area (Å²) >= 11 is 0. The van der Waals surface area contributed by atoms with E-state index in [-0.39, 0.29) is 30.0 Å². The number of nitrogens with one attached hydrogen (secondary N) is 1. The van der Waals surface area contributed by atoms with Crippen molar-refractivity contribution in [3.63, 3.8) is 0 Å². The molecule has 0 spiro atoms. The molecule has 2 aliphatic carbocycles. The number of rotatable bonds is 10. The molecule has 1 atom stereocenters. The number of phenols is 1. The minimum atomic E-state index is -0.749. The molecule has 0 radical (unpaired) electrons. The number of carbonyl (C=O) groups is 2. The number of benzene rings is 2. The van der Waals surface area contributed by atoms with Crippen LogP contribution in [-0.4, -0.2) is 47.8 Å². The number of carboxylic acids is 1. The van der Waals surface area contributed by atoms with Gasteiger partial charge in [-0.1, -0.05) is 31.4 Å². The van der Waals surface area contributed by atoms with Crippen LogP contribution in [0.3, 0.4) is 0 Å². The summed E-state index contributed by atoms with van der Waals surface area (Å²) < 4.78 is 6.18. The first kappa shape index (κ1) is 26.4. The largest absolute Gasteiger partial charge is 0.508 e. The molecule has 7 nitrogen and oxygen atoms in total. The van der Waals surface area contributed by atoms with Crippen molar-refractivity contribution < 1.29 is 24.5 Å². The van der Waals surface area contributed by atoms with Crippen LogP contribution in [0.2, 0.25) is 0 Å². The number of hydrogen-bond acceptors (Lipinski definition) is 5. The van der Waals surface area contributed by atoms with E-state index in [0.29, 0.717) is 24.0 Å². The smallest absolute Gasteiger partial charge is 0.303 e. The van der Waals surface area contributed by atoms with E-state index in [1.807, 2.05) is 24.3 Å². The van der Waals surface area contributed by atoms with Crippen LogP contribution in [0.1, 0.15) is 86.0 Å². The van der Waals surface area contributed by atoms with Gasteiger partial charge in [-0.05, 0) is 86.1 Å². The Labute approximate surface area is 225 Å². The summed E-state index contributed by atoms with van der Waals surface area (Å²) in [6, 6.07) is 13.2. The summed E-state index contributed by atoms with van der Waals surface area (Å²) in [4.78, 5) is 26.7. The third kappa shape index (κ3) is 6.80. The van der Waals surface area contributed by atoms with E-state index in [2.05, 4.69) is 10.2 Å². The number of phenolic OH excluding ortho intramolecular Hbond substituents is 1. The van der Waals surface area contributed by atoms with Crippen molar-refractivity contribution in [2.45, 2.75) is 76.2 Å². The van der Waals surface area contributed by atoms with Crippen molar-refractivity contribution in [1.82, 2.24) is 5.32 Å². The highest BCUT2D eigenvalue weighted by atomic mass is 16.5. The predicted molar refractivity (Wildman–Crippen MR) is 147 cm³/mol. The van der Waals surface area contributed by atoms with Crippen molar-refractivity contribution in [1.29, 1.82) is 0 Å². The Morgan fingerprint density at radius 1 is 0.974 bits per heavy atom. The topological polar surface area (TPSA) is 99.1 Å². The monoisotopic (exact) mass is 520 g/mol. The maximum Gasteiger partial charge on any atom is 0.303 e. The Morgan fingerprint density at radius 3 is 2.45 bits per heavy atom. The zero-order valence-corrected chi connectivity index (χ0v) is 22.1. The summed E-state index contributed by atoms with van der Waals surface area (Å²) in [5.41, 5.74) is 2.49. The SMILES string of the molecule is O=C(O)CC(c1cccc(OCC2CCN(c3cc(O)ccc3C(=O)NC3CCCCC3)CC2)c1)C1CC1. The van der Waals surface area contributed by atoms with Gasteiger partial charge in [0, 0.05) is 25.2 Å². The van der Waals surface area contributed by atoms with Gasteiger partial charge in [0.15, 0.2) is 0 Å². The van der Waals surface area contributed by atoms with Crippen LogP contribution in [0.5, 0.6) is 11.5 Å². The van der Waals surface area contributed by atoms with Crippen molar-refractivity contribution in [3.8, 4) is 11.5 Å². The number of ether oxygens (including phenoxy) is 1. The third-order valence-electron chi connectivity index (χ3n) is 8.48. The number of aromatic hydroxyl groups is 1. The second-order valence-electron chi connectivity index (χ2n) is 11.4. The molecule has 0 bridgehead atoms. The molecule has 3 aliphatic rings. The first-order chi connectivity index (χ1) is 18.5. The van der Waals surface area contributed by atoms with Gasteiger partial charge in [0.05, 0.1) is 24.3 Å². The summed E-state index contributed by atoms with van der Waals surface area (Å²) in [5, 5.41) is 22.7. The number of aliphatic carboxylic acids is 1. The van der Waals surface area contributed by atoms with Crippen LogP contribution < -0.4 is 15.0 Å². The zero-order valence-electron chi connectivity index (χ0n) is 22.1. The number of anilines is 1. The highest BCUT2D eigenvalue weighted by Gasteiger charge is 2.34. The minimum absolute atomic E-state index is 0.0513. The second-order valence-corrected chi connectivity index (χ2v) is 11.4. The normalized spacial score (nSPS) is 19.6. The van der Waals surface area contributed by atoms with Crippen LogP contribution in [-0.2, 0) is 4.79 Å². The lowest BCUT2D eigenvalue weighted by atomic mass is 9.91. The Balaban J connectivity index is 1.16. The summed E-state index contributed by atoms with van der Waals surface area (Å²) in [6.07, 6.45) is 9.88. The fourth-order valence-corrected chi connectivity index (χ4v) is 6.12. The number of piperidine rings is 1. The Kier molecular flexibility index (Phi) is 8.40. The molecule has 3 fully saturated rings. The highest BCUT2D eigenvalue weighted by molar-refractivity contribution is 6.00. The minimum Gasteiger partial charge on any atom is -0.508 e. The number of carboxylic acid groups (broad SMARTS) is 1. The lowest BCUT2D eigenvalue weighted by Gasteiger charge is -2.35. The Bertz CT molecular complexity index is 1120. The van der Waals surface area contributed by atoms with Gasteiger partial charge in [-0.25, -0.2) is 0 Å². The van der Waals surface area contributed by atoms with Crippen LogP contribution in [0, 0.1) is 11.8 Å². The molecule has 204 valence electrons. The summed E-state index contributed by atoms with van der Waals surface area (Å²) in [5.74, 6) is 1.10. The lowest BCUT2D eigenvalue weighted by molar-refractivity contribution is -0.137. The van der Waals surface area contributed by atoms with E-state index in [1.54, 1.807) is 18.2 Å². The fourth-order valence-electron chi connectivity index (χ4n) is 6.12. The number of hydrogen-bond donors (Lipinski definition) is 3. The quantitative estimate of drug-likeness (QED) is 0.371. The molecule has 2 aromatic carbocycles. The van der Waals surface area contributed by atoms with E-state index >= 15 is 0 Å². The van der Waals surface area contributed by atoms with Gasteiger partial charge in [-0.15, -0.1) is 0 Å². The predicted octanol–water partition coefficient (Wildman–Crippen LogP) is 5.72. The van der Waals surface area contributed by atoms with Gasteiger partial charge in [-0.2, -0.15) is 0 Å². The number of amides is 1. The van der Waals surface area contributed by atoms with E-state index in [9.17, 15) is 19.8 Å². The first-order valence-corrected chi connectivity index (χ1v) is 14.3. The fraction of sp³-hybridized carbons (Fsp3) is 0.548.